The maximum atomic E-state index is 9.92. The van der Waals surface area contributed by atoms with Crippen molar-refractivity contribution in [3.05, 3.63) is 66.9 Å². The fraction of sp³-hybridized carbons (Fsp3) is 0.261. The number of phenols is 1. The molecule has 1 aliphatic heterocycles. The number of aromatic nitrogens is 2. The van der Waals surface area contributed by atoms with Gasteiger partial charge in [-0.2, -0.15) is 0 Å². The quantitative estimate of drug-likeness (QED) is 0.474. The molecule has 30 heavy (non-hydrogen) atoms. The molecule has 0 aliphatic carbocycles. The molecule has 0 radical (unpaired) electrons. The lowest BCUT2D eigenvalue weighted by molar-refractivity contribution is -0.00546. The SMILES string of the molecule is C=C/C=C(\C=C)Nc1nc(-c2cccc(O)c2)nc(N2CC(C)OC(C)C2)c1C=N. The molecule has 0 bridgehead atoms. The average molecular weight is 406 g/mol. The van der Waals surface area contributed by atoms with Crippen LogP contribution in [0.4, 0.5) is 11.6 Å². The van der Waals surface area contributed by atoms with Crippen molar-refractivity contribution in [3.63, 3.8) is 0 Å². The van der Waals surface area contributed by atoms with E-state index in [9.17, 15) is 5.11 Å². The Morgan fingerprint density at radius 1 is 1.27 bits per heavy atom. The third-order valence-corrected chi connectivity index (χ3v) is 4.67. The van der Waals surface area contributed by atoms with Crippen LogP contribution in [0.25, 0.3) is 11.4 Å². The van der Waals surface area contributed by atoms with Crippen LogP contribution in [0.5, 0.6) is 5.75 Å². The van der Waals surface area contributed by atoms with Crippen molar-refractivity contribution in [3.8, 4) is 17.1 Å². The number of anilines is 2. The van der Waals surface area contributed by atoms with Crippen LogP contribution in [0.3, 0.4) is 0 Å². The Morgan fingerprint density at radius 3 is 2.60 bits per heavy atom. The van der Waals surface area contributed by atoms with E-state index < -0.39 is 0 Å². The lowest BCUT2D eigenvalue weighted by atomic mass is 10.1. The van der Waals surface area contributed by atoms with E-state index in [0.717, 1.165) is 0 Å². The van der Waals surface area contributed by atoms with Gasteiger partial charge in [0.25, 0.3) is 0 Å². The maximum Gasteiger partial charge on any atom is 0.164 e. The van der Waals surface area contributed by atoms with E-state index in [2.05, 4.69) is 28.4 Å². The van der Waals surface area contributed by atoms with Crippen molar-refractivity contribution >= 4 is 17.9 Å². The number of nitrogens with one attached hydrogen (secondary N) is 2. The predicted octanol–water partition coefficient (Wildman–Crippen LogP) is 4.13. The number of nitrogens with zero attached hydrogens (tertiary/aromatic N) is 3. The molecule has 7 nitrogen and oxygen atoms in total. The minimum atomic E-state index is 0.0346. The molecule has 7 heteroatoms. The molecule has 1 fully saturated rings. The number of hydrogen-bond donors (Lipinski definition) is 3. The lowest BCUT2D eigenvalue weighted by Crippen LogP contribution is -2.46. The summed E-state index contributed by atoms with van der Waals surface area (Å²) in [5.74, 6) is 1.70. The highest BCUT2D eigenvalue weighted by molar-refractivity contribution is 5.92. The molecule has 2 unspecified atom stereocenters. The monoisotopic (exact) mass is 405 g/mol. The third kappa shape index (κ3) is 4.75. The highest BCUT2D eigenvalue weighted by Crippen LogP contribution is 2.31. The van der Waals surface area contributed by atoms with Crippen LogP contribution in [-0.2, 0) is 4.74 Å². The number of hydrogen-bond acceptors (Lipinski definition) is 7. The van der Waals surface area contributed by atoms with Crippen molar-refractivity contribution in [2.24, 2.45) is 0 Å². The molecule has 1 saturated heterocycles. The van der Waals surface area contributed by atoms with Crippen molar-refractivity contribution in [1.82, 2.24) is 9.97 Å². The molecule has 2 heterocycles. The Balaban J connectivity index is 2.18. The van der Waals surface area contributed by atoms with Gasteiger partial charge in [-0.1, -0.05) is 31.4 Å². The van der Waals surface area contributed by atoms with Crippen LogP contribution in [-0.4, -0.2) is 46.6 Å². The largest absolute Gasteiger partial charge is 0.508 e. The molecule has 0 spiro atoms. The zero-order chi connectivity index (χ0) is 21.7. The van der Waals surface area contributed by atoms with Crippen molar-refractivity contribution in [2.45, 2.75) is 26.1 Å². The molecule has 1 aliphatic rings. The van der Waals surface area contributed by atoms with Gasteiger partial charge in [-0.05, 0) is 38.1 Å². The summed E-state index contributed by atoms with van der Waals surface area (Å²) < 4.78 is 5.86. The highest BCUT2D eigenvalue weighted by atomic mass is 16.5. The first-order valence-electron chi connectivity index (χ1n) is 9.79. The fourth-order valence-corrected chi connectivity index (χ4v) is 3.48. The summed E-state index contributed by atoms with van der Waals surface area (Å²) in [6.45, 7) is 12.9. The van der Waals surface area contributed by atoms with E-state index >= 15 is 0 Å². The number of ether oxygens (including phenoxy) is 1. The number of morpholine rings is 1. The molecule has 3 N–H and O–H groups in total. The van der Waals surface area contributed by atoms with Gasteiger partial charge in [0.15, 0.2) is 5.82 Å². The smallest absolute Gasteiger partial charge is 0.164 e. The normalized spacial score (nSPS) is 19.3. The second-order valence-corrected chi connectivity index (χ2v) is 7.18. The summed E-state index contributed by atoms with van der Waals surface area (Å²) in [6, 6.07) is 6.80. The van der Waals surface area contributed by atoms with Crippen molar-refractivity contribution in [1.29, 1.82) is 5.41 Å². The van der Waals surface area contributed by atoms with Crippen LogP contribution in [0, 0.1) is 5.41 Å². The highest BCUT2D eigenvalue weighted by Gasteiger charge is 2.27. The summed E-state index contributed by atoms with van der Waals surface area (Å²) in [5.41, 5.74) is 1.94. The Hall–Kier alpha value is -3.45. The van der Waals surface area contributed by atoms with Gasteiger partial charge in [0, 0.05) is 30.6 Å². The van der Waals surface area contributed by atoms with E-state index in [4.69, 9.17) is 15.1 Å². The van der Waals surface area contributed by atoms with Gasteiger partial charge in [-0.3, -0.25) is 0 Å². The van der Waals surface area contributed by atoms with E-state index in [1.54, 1.807) is 36.4 Å². The van der Waals surface area contributed by atoms with Crippen molar-refractivity contribution < 1.29 is 9.84 Å². The molecular formula is C23H27N5O2. The standard InChI is InChI=1S/C23H27N5O2/c1-5-8-18(6-2)25-22-20(12-24)23(28-13-15(3)30-16(4)14-28)27-21(26-22)17-9-7-10-19(29)11-17/h5-12,15-16,24,29H,1-2,13-14H2,3-4H3,(H,25,26,27)/b18-8+,24-12?. The van der Waals surface area contributed by atoms with E-state index in [1.165, 1.54) is 6.21 Å². The Bertz CT molecular complexity index is 976. The first-order valence-corrected chi connectivity index (χ1v) is 9.79. The van der Waals surface area contributed by atoms with Gasteiger partial charge in [0.1, 0.15) is 17.4 Å². The molecule has 0 saturated carbocycles. The molecule has 2 aromatic rings. The van der Waals surface area contributed by atoms with Gasteiger partial charge in [0.2, 0.25) is 0 Å². The lowest BCUT2D eigenvalue weighted by Gasteiger charge is -2.37. The summed E-state index contributed by atoms with van der Waals surface area (Å²) in [5, 5.41) is 21.2. The number of rotatable bonds is 7. The van der Waals surface area contributed by atoms with E-state index in [0.29, 0.717) is 47.4 Å². The minimum absolute atomic E-state index is 0.0346. The number of aromatic hydroxyl groups is 1. The Kier molecular flexibility index (Phi) is 6.64. The van der Waals surface area contributed by atoms with Crippen LogP contribution >= 0.6 is 0 Å². The van der Waals surface area contributed by atoms with Gasteiger partial charge in [0.05, 0.1) is 17.8 Å². The maximum absolute atomic E-state index is 9.92. The second-order valence-electron chi connectivity index (χ2n) is 7.18. The van der Waals surface area contributed by atoms with Gasteiger partial charge in [-0.15, -0.1) is 0 Å². The Morgan fingerprint density at radius 2 is 2.00 bits per heavy atom. The number of allylic oxidation sites excluding steroid dienone is 3. The zero-order valence-corrected chi connectivity index (χ0v) is 17.3. The zero-order valence-electron chi connectivity index (χ0n) is 17.3. The molecule has 0 amide bonds. The number of phenolic OH excluding ortho intramolecular Hbond substituents is 1. The first-order chi connectivity index (χ1) is 14.4. The van der Waals surface area contributed by atoms with Gasteiger partial charge in [-0.25, -0.2) is 9.97 Å². The number of benzene rings is 1. The molecule has 3 rings (SSSR count). The van der Waals surface area contributed by atoms with Crippen LogP contribution < -0.4 is 10.2 Å². The Labute approximate surface area is 177 Å². The van der Waals surface area contributed by atoms with Gasteiger partial charge < -0.3 is 25.5 Å². The fourth-order valence-electron chi connectivity index (χ4n) is 3.48. The van der Waals surface area contributed by atoms with Crippen LogP contribution in [0.1, 0.15) is 19.4 Å². The first kappa shape index (κ1) is 21.3. The summed E-state index contributed by atoms with van der Waals surface area (Å²) >= 11 is 0. The second kappa shape index (κ2) is 9.37. The summed E-state index contributed by atoms with van der Waals surface area (Å²) in [4.78, 5) is 11.5. The topological polar surface area (TPSA) is 94.4 Å². The molecule has 1 aromatic heterocycles. The van der Waals surface area contributed by atoms with Crippen LogP contribution in [0.15, 0.2) is 61.3 Å². The van der Waals surface area contributed by atoms with Crippen LogP contribution in [0.2, 0.25) is 0 Å². The minimum Gasteiger partial charge on any atom is -0.508 e. The molecule has 2 atom stereocenters. The van der Waals surface area contributed by atoms with E-state index in [-0.39, 0.29) is 18.0 Å². The van der Waals surface area contributed by atoms with Gasteiger partial charge >= 0.3 is 0 Å². The summed E-state index contributed by atoms with van der Waals surface area (Å²) in [6.07, 6.45) is 6.40. The third-order valence-electron chi connectivity index (χ3n) is 4.67. The van der Waals surface area contributed by atoms with Crippen molar-refractivity contribution in [2.75, 3.05) is 23.3 Å². The molecule has 1 aromatic carbocycles. The molecule has 156 valence electrons. The molecular weight excluding hydrogens is 378 g/mol. The predicted molar refractivity (Wildman–Crippen MR) is 121 cm³/mol. The summed E-state index contributed by atoms with van der Waals surface area (Å²) in [7, 11) is 0. The average Bonchev–Trinajstić information content (AvgIpc) is 2.72. The van der Waals surface area contributed by atoms with E-state index in [1.807, 2.05) is 19.9 Å².